The van der Waals surface area contributed by atoms with Gasteiger partial charge in [-0.3, -0.25) is 0 Å². The number of rotatable bonds is 1. The van der Waals surface area contributed by atoms with Crippen LogP contribution in [0.15, 0.2) is 24.3 Å². The van der Waals surface area contributed by atoms with Crippen LogP contribution in [-0.2, 0) is 3.74 Å². The first kappa shape index (κ1) is 16.7. The number of hydrogen-bond donors (Lipinski definition) is 1. The second kappa shape index (κ2) is 6.72. The zero-order valence-electron chi connectivity index (χ0n) is 7.56. The molecule has 0 aliphatic carbocycles. The quantitative estimate of drug-likeness (QED) is 0.401. The van der Waals surface area contributed by atoms with Crippen LogP contribution in [0.3, 0.4) is 0 Å². The average molecular weight is 261 g/mol. The fourth-order valence-electron chi connectivity index (χ4n) is 0.737. The average Bonchev–Trinajstić information content (AvgIpc) is 1.86. The molecule has 1 aromatic rings. The Balaban J connectivity index is 0. The second-order valence-corrected chi connectivity index (χ2v) is 5.15. The van der Waals surface area contributed by atoms with Crippen molar-refractivity contribution in [3.05, 3.63) is 24.3 Å². The van der Waals surface area contributed by atoms with Crippen molar-refractivity contribution < 1.29 is 71.0 Å². The number of hydrogen-bond acceptors (Lipinski definition) is 4. The molecule has 0 bridgehead atoms. The van der Waals surface area contributed by atoms with Gasteiger partial charge in [0.25, 0.3) is 0 Å². The van der Waals surface area contributed by atoms with Crippen molar-refractivity contribution in [3.8, 4) is 0 Å². The monoisotopic (exact) mass is 261 g/mol. The van der Waals surface area contributed by atoms with Gasteiger partial charge in [0, 0.05) is 0 Å². The molecule has 0 saturated carbocycles. The SMILES string of the molecule is Nc1ccccc1[As](=O)([O-])[O-].[Na+].[Na+]. The molecule has 0 heterocycles. The Kier molecular flexibility index (Phi) is 8.64. The third kappa shape index (κ3) is 5.07. The molecule has 0 aromatic heterocycles. The van der Waals surface area contributed by atoms with Crippen LogP contribution in [0.25, 0.3) is 0 Å². The fourth-order valence-corrected chi connectivity index (χ4v) is 2.12. The molecule has 0 amide bonds. The van der Waals surface area contributed by atoms with Crippen molar-refractivity contribution in [1.29, 1.82) is 0 Å². The van der Waals surface area contributed by atoms with E-state index < -0.39 is 14.2 Å². The van der Waals surface area contributed by atoms with Crippen LogP contribution in [0.1, 0.15) is 0 Å². The normalized spacial score (nSPS) is 9.69. The van der Waals surface area contributed by atoms with E-state index in [-0.39, 0.29) is 69.2 Å². The first-order valence-electron chi connectivity index (χ1n) is 2.89. The summed E-state index contributed by atoms with van der Waals surface area (Å²) in [5, 5.41) is 0. The van der Waals surface area contributed by atoms with Crippen molar-refractivity contribution in [1.82, 2.24) is 0 Å². The van der Waals surface area contributed by atoms with E-state index in [0.717, 1.165) is 0 Å². The third-order valence-electron chi connectivity index (χ3n) is 1.23. The minimum absolute atomic E-state index is 0. The second-order valence-electron chi connectivity index (χ2n) is 2.06. The van der Waals surface area contributed by atoms with Crippen molar-refractivity contribution in [3.63, 3.8) is 0 Å². The van der Waals surface area contributed by atoms with E-state index in [1.807, 2.05) is 0 Å². The van der Waals surface area contributed by atoms with Gasteiger partial charge < -0.3 is 0 Å². The molecular weight excluding hydrogens is 255 g/mol. The number of para-hydroxylation sites is 1. The van der Waals surface area contributed by atoms with Gasteiger partial charge in [0.05, 0.1) is 0 Å². The molecule has 0 saturated heterocycles. The Morgan fingerprint density at radius 3 is 1.92 bits per heavy atom. The van der Waals surface area contributed by atoms with Gasteiger partial charge in [0.15, 0.2) is 0 Å². The molecular formula is C6H6AsNNa2O3. The van der Waals surface area contributed by atoms with Crippen molar-refractivity contribution in [2.45, 2.75) is 0 Å². The molecule has 0 spiro atoms. The Hall–Kier alpha value is 1.30. The molecule has 0 unspecified atom stereocenters. The Bertz CT molecular complexity index is 315. The van der Waals surface area contributed by atoms with Crippen molar-refractivity contribution >= 4 is 24.2 Å². The molecule has 60 valence electrons. The maximum absolute atomic E-state index is 10.5. The molecule has 1 rings (SSSR count). The minimum atomic E-state index is -5.28. The molecule has 1 aromatic carbocycles. The first-order valence-corrected chi connectivity index (χ1v) is 6.12. The van der Waals surface area contributed by atoms with Crippen molar-refractivity contribution in [2.24, 2.45) is 0 Å². The summed E-state index contributed by atoms with van der Waals surface area (Å²) in [5.74, 6) is 0. The molecule has 2 N–H and O–H groups in total. The molecule has 0 atom stereocenters. The smallest absolute Gasteiger partial charge is 1.00 e. The first-order chi connectivity index (χ1) is 5.02. The van der Waals surface area contributed by atoms with Gasteiger partial charge in [0.1, 0.15) is 0 Å². The number of nitrogen functional groups attached to an aromatic ring is 1. The van der Waals surface area contributed by atoms with Crippen LogP contribution >= 0.6 is 0 Å². The Morgan fingerprint density at radius 2 is 1.62 bits per heavy atom. The zero-order chi connectivity index (χ0) is 8.48. The number of anilines is 1. The topological polar surface area (TPSA) is 89.2 Å². The molecule has 0 fully saturated rings. The van der Waals surface area contributed by atoms with E-state index >= 15 is 0 Å². The summed E-state index contributed by atoms with van der Waals surface area (Å²) in [7, 11) is 0. The number of nitrogens with two attached hydrogens (primary N) is 1. The Labute approximate surface area is 123 Å². The fraction of sp³-hybridized carbons (Fsp3) is 0. The van der Waals surface area contributed by atoms with Gasteiger partial charge in [-0.2, -0.15) is 0 Å². The van der Waals surface area contributed by atoms with E-state index in [1.165, 1.54) is 18.2 Å². The summed E-state index contributed by atoms with van der Waals surface area (Å²) in [6, 6.07) is 5.65. The maximum Gasteiger partial charge on any atom is 1.00 e. The summed E-state index contributed by atoms with van der Waals surface area (Å²) in [5.41, 5.74) is 5.28. The summed E-state index contributed by atoms with van der Waals surface area (Å²) < 4.78 is 31.2. The van der Waals surface area contributed by atoms with E-state index in [0.29, 0.717) is 0 Å². The van der Waals surface area contributed by atoms with Crippen molar-refractivity contribution in [2.75, 3.05) is 5.73 Å². The molecule has 4 nitrogen and oxygen atoms in total. The Morgan fingerprint density at radius 1 is 1.15 bits per heavy atom. The van der Waals surface area contributed by atoms with Gasteiger partial charge in [-0.15, -0.1) is 0 Å². The molecule has 0 aliphatic rings. The molecule has 7 heteroatoms. The van der Waals surface area contributed by atoms with Gasteiger partial charge in [-0.05, 0) is 0 Å². The predicted octanol–water partition coefficient (Wildman–Crippen LogP) is -8.43. The maximum atomic E-state index is 10.5. The van der Waals surface area contributed by atoms with Crippen LogP contribution in [0.2, 0.25) is 0 Å². The van der Waals surface area contributed by atoms with E-state index in [9.17, 15) is 11.9 Å². The molecule has 0 radical (unpaired) electrons. The van der Waals surface area contributed by atoms with Gasteiger partial charge >= 0.3 is 125 Å². The van der Waals surface area contributed by atoms with E-state index in [1.54, 1.807) is 6.07 Å². The van der Waals surface area contributed by atoms with Crippen LogP contribution in [-0.4, -0.2) is 14.2 Å². The predicted molar refractivity (Wildman–Crippen MR) is 36.9 cm³/mol. The molecule has 13 heavy (non-hydrogen) atoms. The van der Waals surface area contributed by atoms with Crippen LogP contribution in [0.4, 0.5) is 5.69 Å². The number of benzene rings is 1. The summed E-state index contributed by atoms with van der Waals surface area (Å²) in [6.45, 7) is 0. The molecule has 0 aliphatic heterocycles. The summed E-state index contributed by atoms with van der Waals surface area (Å²) in [4.78, 5) is 0. The zero-order valence-corrected chi connectivity index (χ0v) is 13.4. The van der Waals surface area contributed by atoms with Crippen LogP contribution in [0.5, 0.6) is 0 Å². The standard InChI is InChI=1S/C6H8AsNO3.2Na/c8-6-4-2-1-3-5(6)7(9,10)11;;/h1-4H,8H2,(H2,9,10,11);;/q;2*+1/p-2. The minimum Gasteiger partial charge on any atom is 1.00 e. The largest absolute Gasteiger partial charge is 1.00 e. The summed E-state index contributed by atoms with van der Waals surface area (Å²) in [6.07, 6.45) is 0. The van der Waals surface area contributed by atoms with Gasteiger partial charge in [-0.25, -0.2) is 0 Å². The van der Waals surface area contributed by atoms with Gasteiger partial charge in [0.2, 0.25) is 0 Å². The van der Waals surface area contributed by atoms with E-state index in [4.69, 9.17) is 5.73 Å². The van der Waals surface area contributed by atoms with Gasteiger partial charge in [-0.1, -0.05) is 0 Å². The third-order valence-corrected chi connectivity index (χ3v) is 3.32. The summed E-state index contributed by atoms with van der Waals surface area (Å²) >= 11 is -5.28. The van der Waals surface area contributed by atoms with Crippen LogP contribution in [0, 0.1) is 0 Å². The van der Waals surface area contributed by atoms with Crippen LogP contribution < -0.4 is 77.4 Å². The van der Waals surface area contributed by atoms with E-state index in [2.05, 4.69) is 0 Å².